The molecular weight excluding hydrogens is 270 g/mol. The van der Waals surface area contributed by atoms with Crippen molar-refractivity contribution in [3.8, 4) is 5.75 Å². The zero-order valence-electron chi connectivity index (χ0n) is 11.8. The number of rotatable bonds is 6. The third kappa shape index (κ3) is 4.29. The molecule has 0 saturated heterocycles. The Labute approximate surface area is 123 Å². The normalized spacial score (nSPS) is 10.2. The summed E-state index contributed by atoms with van der Waals surface area (Å²) in [6, 6.07) is 11.0. The molecule has 0 aliphatic carbocycles. The maximum absolute atomic E-state index is 11.4. The molecule has 2 rings (SSSR count). The molecule has 2 aromatic rings. The topological polar surface area (TPSA) is 68.7 Å². The molecule has 0 aliphatic heterocycles. The van der Waals surface area contributed by atoms with Gasteiger partial charge in [0, 0.05) is 0 Å². The van der Waals surface area contributed by atoms with Crippen LogP contribution in [0.5, 0.6) is 5.75 Å². The van der Waals surface area contributed by atoms with Crippen LogP contribution in [-0.2, 0) is 29.2 Å². The molecule has 110 valence electrons. The van der Waals surface area contributed by atoms with E-state index in [-0.39, 0.29) is 19.0 Å². The molecule has 5 heteroatoms. The van der Waals surface area contributed by atoms with Crippen molar-refractivity contribution in [2.45, 2.75) is 19.6 Å². The van der Waals surface area contributed by atoms with E-state index < -0.39 is 0 Å². The summed E-state index contributed by atoms with van der Waals surface area (Å²) in [5.74, 6) is 0.330. The van der Waals surface area contributed by atoms with E-state index in [1.165, 1.54) is 7.11 Å². The number of hydrogen-bond acceptors (Lipinski definition) is 5. The van der Waals surface area contributed by atoms with E-state index >= 15 is 0 Å². The number of aromatic nitrogens is 1. The molecule has 21 heavy (non-hydrogen) atoms. The van der Waals surface area contributed by atoms with E-state index in [0.29, 0.717) is 18.1 Å². The Morgan fingerprint density at radius 1 is 1.19 bits per heavy atom. The van der Waals surface area contributed by atoms with Crippen LogP contribution in [0.25, 0.3) is 0 Å². The second-order valence-corrected chi connectivity index (χ2v) is 4.45. The van der Waals surface area contributed by atoms with Crippen LogP contribution in [0, 0.1) is 0 Å². The number of benzene rings is 1. The third-order valence-electron chi connectivity index (χ3n) is 3.03. The molecule has 1 N–H and O–H groups in total. The Morgan fingerprint density at radius 3 is 2.57 bits per heavy atom. The van der Waals surface area contributed by atoms with Gasteiger partial charge in [0.2, 0.25) is 0 Å². The summed E-state index contributed by atoms with van der Waals surface area (Å²) in [6.07, 6.45) is 1.78. The van der Waals surface area contributed by atoms with E-state index in [1.807, 2.05) is 24.3 Å². The van der Waals surface area contributed by atoms with Gasteiger partial charge in [-0.2, -0.15) is 0 Å². The molecule has 0 bridgehead atoms. The highest BCUT2D eigenvalue weighted by atomic mass is 16.5. The minimum absolute atomic E-state index is 0.0950. The van der Waals surface area contributed by atoms with Crippen LogP contribution in [-0.4, -0.2) is 23.2 Å². The number of hydrogen-bond donors (Lipinski definition) is 1. The fraction of sp³-hybridized carbons (Fsp3) is 0.250. The Balaban J connectivity index is 2.03. The van der Waals surface area contributed by atoms with Crippen molar-refractivity contribution in [1.29, 1.82) is 0 Å². The molecule has 0 spiro atoms. The van der Waals surface area contributed by atoms with Gasteiger partial charge in [-0.3, -0.25) is 9.78 Å². The van der Waals surface area contributed by atoms with Crippen LogP contribution in [0.3, 0.4) is 0 Å². The van der Waals surface area contributed by atoms with Gasteiger partial charge in [0.1, 0.15) is 12.4 Å². The highest BCUT2D eigenvalue weighted by Crippen LogP contribution is 2.15. The Bertz CT molecular complexity index is 595. The largest absolute Gasteiger partial charge is 0.487 e. The minimum Gasteiger partial charge on any atom is -0.487 e. The summed E-state index contributed by atoms with van der Waals surface area (Å²) in [5.41, 5.74) is 2.40. The van der Waals surface area contributed by atoms with E-state index in [1.54, 1.807) is 18.3 Å². The van der Waals surface area contributed by atoms with Gasteiger partial charge in [-0.1, -0.05) is 24.3 Å². The van der Waals surface area contributed by atoms with Crippen molar-refractivity contribution in [2.24, 2.45) is 0 Å². The predicted molar refractivity (Wildman–Crippen MR) is 76.7 cm³/mol. The number of aliphatic hydroxyl groups excluding tert-OH is 1. The molecule has 0 amide bonds. The van der Waals surface area contributed by atoms with Crippen molar-refractivity contribution in [1.82, 2.24) is 4.98 Å². The average molecular weight is 287 g/mol. The number of carbonyl (C=O) groups is 1. The summed E-state index contributed by atoms with van der Waals surface area (Å²) in [4.78, 5) is 15.4. The number of carbonyl (C=O) groups excluding carboxylic acids is 1. The predicted octanol–water partition coefficient (Wildman–Crippen LogP) is 1.87. The first-order valence-corrected chi connectivity index (χ1v) is 6.55. The SMILES string of the molecule is COC(=O)Cc1ccccc1COc1ccc(CO)nc1. The first-order chi connectivity index (χ1) is 10.2. The smallest absolute Gasteiger partial charge is 0.309 e. The van der Waals surface area contributed by atoms with Crippen molar-refractivity contribution in [3.63, 3.8) is 0 Å². The number of nitrogens with zero attached hydrogens (tertiary/aromatic N) is 1. The summed E-state index contributed by atoms with van der Waals surface area (Å²) in [6.45, 7) is 0.246. The van der Waals surface area contributed by atoms with Crippen LogP contribution in [0.1, 0.15) is 16.8 Å². The van der Waals surface area contributed by atoms with Crippen molar-refractivity contribution in [3.05, 3.63) is 59.4 Å². The molecule has 1 aromatic carbocycles. The van der Waals surface area contributed by atoms with Gasteiger partial charge in [0.05, 0.1) is 32.0 Å². The first-order valence-electron chi connectivity index (χ1n) is 6.55. The number of methoxy groups -OCH3 is 1. The molecule has 0 aliphatic rings. The zero-order chi connectivity index (χ0) is 15.1. The molecule has 0 radical (unpaired) electrons. The second-order valence-electron chi connectivity index (χ2n) is 4.45. The van der Waals surface area contributed by atoms with Gasteiger partial charge < -0.3 is 14.6 Å². The van der Waals surface area contributed by atoms with Crippen molar-refractivity contribution >= 4 is 5.97 Å². The number of ether oxygens (including phenoxy) is 2. The summed E-state index contributed by atoms with van der Waals surface area (Å²) in [5, 5.41) is 8.93. The lowest BCUT2D eigenvalue weighted by atomic mass is 10.1. The molecule has 0 fully saturated rings. The molecule has 0 saturated carbocycles. The van der Waals surface area contributed by atoms with Crippen LogP contribution in [0.15, 0.2) is 42.6 Å². The minimum atomic E-state index is -0.281. The van der Waals surface area contributed by atoms with Crippen molar-refractivity contribution < 1.29 is 19.4 Å². The van der Waals surface area contributed by atoms with Gasteiger partial charge >= 0.3 is 5.97 Å². The maximum atomic E-state index is 11.4. The Hall–Kier alpha value is -2.40. The van der Waals surface area contributed by atoms with Crippen LogP contribution in [0.4, 0.5) is 0 Å². The highest BCUT2D eigenvalue weighted by molar-refractivity contribution is 5.72. The molecule has 5 nitrogen and oxygen atoms in total. The van der Waals surface area contributed by atoms with Gasteiger partial charge in [-0.05, 0) is 23.3 Å². The quantitative estimate of drug-likeness (QED) is 0.821. The van der Waals surface area contributed by atoms with E-state index in [2.05, 4.69) is 9.72 Å². The number of esters is 1. The fourth-order valence-corrected chi connectivity index (χ4v) is 1.85. The van der Waals surface area contributed by atoms with Crippen LogP contribution >= 0.6 is 0 Å². The molecule has 1 heterocycles. The lowest BCUT2D eigenvalue weighted by Crippen LogP contribution is -2.08. The number of aliphatic hydroxyl groups is 1. The summed E-state index contributed by atoms with van der Waals surface area (Å²) >= 11 is 0. The lowest BCUT2D eigenvalue weighted by molar-refractivity contribution is -0.139. The van der Waals surface area contributed by atoms with Gasteiger partial charge in [0.25, 0.3) is 0 Å². The van der Waals surface area contributed by atoms with Gasteiger partial charge in [-0.25, -0.2) is 0 Å². The Morgan fingerprint density at radius 2 is 1.95 bits per heavy atom. The second kappa shape index (κ2) is 7.40. The Kier molecular flexibility index (Phi) is 5.29. The highest BCUT2D eigenvalue weighted by Gasteiger charge is 2.08. The number of pyridine rings is 1. The molecule has 1 aromatic heterocycles. The van der Waals surface area contributed by atoms with E-state index in [4.69, 9.17) is 9.84 Å². The lowest BCUT2D eigenvalue weighted by Gasteiger charge is -2.10. The molecule has 0 unspecified atom stereocenters. The standard InChI is InChI=1S/C16H17NO4/c1-20-16(19)8-12-4-2-3-5-13(12)11-21-15-7-6-14(10-18)17-9-15/h2-7,9,18H,8,10-11H2,1H3. The van der Waals surface area contributed by atoms with Gasteiger partial charge in [-0.15, -0.1) is 0 Å². The summed E-state index contributed by atoms with van der Waals surface area (Å²) in [7, 11) is 1.37. The van der Waals surface area contributed by atoms with Gasteiger partial charge in [0.15, 0.2) is 0 Å². The van der Waals surface area contributed by atoms with E-state index in [0.717, 1.165) is 11.1 Å². The maximum Gasteiger partial charge on any atom is 0.309 e. The fourth-order valence-electron chi connectivity index (χ4n) is 1.85. The average Bonchev–Trinajstić information content (AvgIpc) is 2.54. The first kappa shape index (κ1) is 15.0. The summed E-state index contributed by atoms with van der Waals surface area (Å²) < 4.78 is 10.3. The molecular formula is C16H17NO4. The molecule has 0 atom stereocenters. The zero-order valence-corrected chi connectivity index (χ0v) is 11.8. The van der Waals surface area contributed by atoms with Crippen LogP contribution in [0.2, 0.25) is 0 Å². The van der Waals surface area contributed by atoms with Crippen LogP contribution < -0.4 is 4.74 Å². The third-order valence-corrected chi connectivity index (χ3v) is 3.03. The monoisotopic (exact) mass is 287 g/mol. The van der Waals surface area contributed by atoms with Crippen molar-refractivity contribution in [2.75, 3.05) is 7.11 Å². The van der Waals surface area contributed by atoms with E-state index in [9.17, 15) is 4.79 Å².